The summed E-state index contributed by atoms with van der Waals surface area (Å²) < 4.78 is 10.7. The van der Waals surface area contributed by atoms with E-state index in [0.717, 1.165) is 24.5 Å². The Morgan fingerprint density at radius 3 is 2.16 bits per heavy atom. The maximum Gasteiger partial charge on any atom is 0.125 e. The van der Waals surface area contributed by atoms with Crippen molar-refractivity contribution in [1.82, 2.24) is 4.90 Å². The molecule has 0 N–H and O–H groups in total. The number of methoxy groups -OCH3 is 2. The van der Waals surface area contributed by atoms with Gasteiger partial charge in [-0.25, -0.2) is 0 Å². The molecule has 0 atom stereocenters. The van der Waals surface area contributed by atoms with E-state index in [-0.39, 0.29) is 0 Å². The van der Waals surface area contributed by atoms with Gasteiger partial charge in [0.1, 0.15) is 11.5 Å². The van der Waals surface area contributed by atoms with Crippen LogP contribution in [0.1, 0.15) is 32.3 Å². The van der Waals surface area contributed by atoms with Crippen LogP contribution >= 0.6 is 0 Å². The molecule has 0 aromatic heterocycles. The average Bonchev–Trinajstić information content (AvgIpc) is 2.45. The zero-order chi connectivity index (χ0) is 14.1. The van der Waals surface area contributed by atoms with Crippen LogP contribution in [0.25, 0.3) is 0 Å². The summed E-state index contributed by atoms with van der Waals surface area (Å²) in [6.45, 7) is 7.90. The first-order valence-electron chi connectivity index (χ1n) is 7.18. The fourth-order valence-corrected chi connectivity index (χ4v) is 2.30. The lowest BCUT2D eigenvalue weighted by Gasteiger charge is -2.21. The summed E-state index contributed by atoms with van der Waals surface area (Å²) in [6.07, 6.45) is 3.44. The lowest BCUT2D eigenvalue weighted by molar-refractivity contribution is 0.276. The predicted molar refractivity (Wildman–Crippen MR) is 80.3 cm³/mol. The molecule has 0 spiro atoms. The first-order chi connectivity index (χ1) is 9.24. The monoisotopic (exact) mass is 265 g/mol. The molecule has 0 aliphatic heterocycles. The Balaban J connectivity index is 2.64. The van der Waals surface area contributed by atoms with E-state index < -0.39 is 0 Å². The van der Waals surface area contributed by atoms with Crippen LogP contribution in [0.15, 0.2) is 18.2 Å². The van der Waals surface area contributed by atoms with Crippen LogP contribution in [-0.2, 0) is 6.42 Å². The molecule has 0 saturated heterocycles. The Morgan fingerprint density at radius 2 is 1.63 bits per heavy atom. The Kier molecular flexibility index (Phi) is 7.34. The largest absolute Gasteiger partial charge is 0.497 e. The Hall–Kier alpha value is -1.22. The molecule has 0 bridgehead atoms. The molecule has 0 aliphatic carbocycles. The van der Waals surface area contributed by atoms with Gasteiger partial charge in [-0.3, -0.25) is 0 Å². The highest BCUT2D eigenvalue weighted by Crippen LogP contribution is 2.25. The number of hydrogen-bond acceptors (Lipinski definition) is 3. The van der Waals surface area contributed by atoms with Crippen LogP contribution in [0, 0.1) is 0 Å². The van der Waals surface area contributed by atoms with Gasteiger partial charge in [0.05, 0.1) is 14.2 Å². The number of ether oxygens (including phenoxy) is 2. The van der Waals surface area contributed by atoms with Gasteiger partial charge in [-0.15, -0.1) is 0 Å². The molecule has 0 radical (unpaired) electrons. The minimum absolute atomic E-state index is 0.847. The second-order valence-electron chi connectivity index (χ2n) is 4.77. The van der Waals surface area contributed by atoms with E-state index in [1.54, 1.807) is 14.2 Å². The first-order valence-corrected chi connectivity index (χ1v) is 7.18. The van der Waals surface area contributed by atoms with Crippen LogP contribution < -0.4 is 9.47 Å². The van der Waals surface area contributed by atoms with Gasteiger partial charge < -0.3 is 14.4 Å². The number of rotatable bonds is 9. The highest BCUT2D eigenvalue weighted by Gasteiger charge is 2.08. The van der Waals surface area contributed by atoms with Gasteiger partial charge >= 0.3 is 0 Å². The summed E-state index contributed by atoms with van der Waals surface area (Å²) in [5, 5.41) is 0. The molecule has 0 saturated carbocycles. The van der Waals surface area contributed by atoms with Crippen molar-refractivity contribution in [3.8, 4) is 11.5 Å². The van der Waals surface area contributed by atoms with Gasteiger partial charge in [0, 0.05) is 12.6 Å². The number of benzene rings is 1. The summed E-state index contributed by atoms with van der Waals surface area (Å²) in [5.74, 6) is 1.77. The summed E-state index contributed by atoms with van der Waals surface area (Å²) in [7, 11) is 3.40. The summed E-state index contributed by atoms with van der Waals surface area (Å²) in [5.41, 5.74) is 1.25. The molecule has 0 fully saturated rings. The van der Waals surface area contributed by atoms with Crippen molar-refractivity contribution in [3.05, 3.63) is 23.8 Å². The minimum Gasteiger partial charge on any atom is -0.497 e. The summed E-state index contributed by atoms with van der Waals surface area (Å²) in [4.78, 5) is 2.52. The summed E-state index contributed by atoms with van der Waals surface area (Å²) in [6, 6.07) is 6.06. The van der Waals surface area contributed by atoms with Crippen molar-refractivity contribution in [2.24, 2.45) is 0 Å². The molecule has 0 heterocycles. The SMILES string of the molecule is CCCN(CCC)CCc1ccc(OC)cc1OC. The molecule has 1 rings (SSSR count). The molecular formula is C16H27NO2. The van der Waals surface area contributed by atoms with E-state index in [1.807, 2.05) is 12.1 Å². The van der Waals surface area contributed by atoms with E-state index in [4.69, 9.17) is 9.47 Å². The second-order valence-corrected chi connectivity index (χ2v) is 4.77. The molecule has 3 nitrogen and oxygen atoms in total. The molecule has 19 heavy (non-hydrogen) atoms. The number of nitrogens with zero attached hydrogens (tertiary/aromatic N) is 1. The van der Waals surface area contributed by atoms with Crippen LogP contribution in [0.3, 0.4) is 0 Å². The van der Waals surface area contributed by atoms with Gasteiger partial charge in [-0.05, 0) is 44.0 Å². The van der Waals surface area contributed by atoms with Gasteiger partial charge in [0.25, 0.3) is 0 Å². The Labute approximate surface area is 117 Å². The Morgan fingerprint density at radius 1 is 0.947 bits per heavy atom. The fourth-order valence-electron chi connectivity index (χ4n) is 2.30. The lowest BCUT2D eigenvalue weighted by Crippen LogP contribution is -2.27. The molecule has 3 heteroatoms. The normalized spacial score (nSPS) is 10.8. The lowest BCUT2D eigenvalue weighted by atomic mass is 10.1. The molecular weight excluding hydrogens is 238 g/mol. The molecule has 0 unspecified atom stereocenters. The topological polar surface area (TPSA) is 21.7 Å². The molecule has 1 aromatic rings. The van der Waals surface area contributed by atoms with Crippen LogP contribution in [0.2, 0.25) is 0 Å². The van der Waals surface area contributed by atoms with Crippen LogP contribution in [-0.4, -0.2) is 38.8 Å². The molecule has 108 valence electrons. The highest BCUT2D eigenvalue weighted by atomic mass is 16.5. The van der Waals surface area contributed by atoms with Crippen molar-refractivity contribution in [2.75, 3.05) is 33.9 Å². The maximum absolute atomic E-state index is 5.44. The van der Waals surface area contributed by atoms with E-state index in [1.165, 1.54) is 31.5 Å². The third kappa shape index (κ3) is 5.11. The van der Waals surface area contributed by atoms with Crippen molar-refractivity contribution in [1.29, 1.82) is 0 Å². The van der Waals surface area contributed by atoms with Crippen LogP contribution in [0.4, 0.5) is 0 Å². The van der Waals surface area contributed by atoms with Gasteiger partial charge in [-0.2, -0.15) is 0 Å². The molecule has 1 aromatic carbocycles. The zero-order valence-electron chi connectivity index (χ0n) is 12.7. The van der Waals surface area contributed by atoms with E-state index in [9.17, 15) is 0 Å². The molecule has 0 amide bonds. The second kappa shape index (κ2) is 8.81. The van der Waals surface area contributed by atoms with Gasteiger partial charge in [0.2, 0.25) is 0 Å². The van der Waals surface area contributed by atoms with Crippen molar-refractivity contribution in [2.45, 2.75) is 33.1 Å². The number of hydrogen-bond donors (Lipinski definition) is 0. The maximum atomic E-state index is 5.44. The summed E-state index contributed by atoms with van der Waals surface area (Å²) >= 11 is 0. The predicted octanol–water partition coefficient (Wildman–Crippen LogP) is 3.37. The highest BCUT2D eigenvalue weighted by molar-refractivity contribution is 5.40. The minimum atomic E-state index is 0.847. The van der Waals surface area contributed by atoms with E-state index in [2.05, 4.69) is 24.8 Å². The quantitative estimate of drug-likeness (QED) is 0.683. The van der Waals surface area contributed by atoms with E-state index in [0.29, 0.717) is 0 Å². The Bertz CT molecular complexity index is 360. The first kappa shape index (κ1) is 15.8. The van der Waals surface area contributed by atoms with Crippen LogP contribution in [0.5, 0.6) is 11.5 Å². The van der Waals surface area contributed by atoms with Crippen molar-refractivity contribution in [3.63, 3.8) is 0 Å². The van der Waals surface area contributed by atoms with Crippen molar-refractivity contribution < 1.29 is 9.47 Å². The molecule has 0 aliphatic rings. The third-order valence-electron chi connectivity index (χ3n) is 3.27. The fraction of sp³-hybridized carbons (Fsp3) is 0.625. The third-order valence-corrected chi connectivity index (χ3v) is 3.27. The zero-order valence-corrected chi connectivity index (χ0v) is 12.7. The van der Waals surface area contributed by atoms with Gasteiger partial charge in [0.15, 0.2) is 0 Å². The smallest absolute Gasteiger partial charge is 0.125 e. The van der Waals surface area contributed by atoms with Gasteiger partial charge in [-0.1, -0.05) is 19.9 Å². The van der Waals surface area contributed by atoms with E-state index >= 15 is 0 Å². The van der Waals surface area contributed by atoms with Crippen molar-refractivity contribution >= 4 is 0 Å². The average molecular weight is 265 g/mol. The standard InChI is InChI=1S/C16H27NO2/c1-5-10-17(11-6-2)12-9-14-7-8-15(18-3)13-16(14)19-4/h7-8,13H,5-6,9-12H2,1-4H3.